The van der Waals surface area contributed by atoms with Crippen LogP contribution in [-0.4, -0.2) is 30.6 Å². The molecule has 33 heavy (non-hydrogen) atoms. The van der Waals surface area contributed by atoms with Crippen LogP contribution in [0.5, 0.6) is 5.75 Å². The highest BCUT2D eigenvalue weighted by Gasteiger charge is 2.26. The van der Waals surface area contributed by atoms with Gasteiger partial charge in [-0.1, -0.05) is 23.2 Å². The van der Waals surface area contributed by atoms with Crippen LogP contribution in [0.3, 0.4) is 0 Å². The van der Waals surface area contributed by atoms with Crippen molar-refractivity contribution in [3.05, 3.63) is 57.1 Å². The second kappa shape index (κ2) is 11.1. The molecule has 0 bridgehead atoms. The molecule has 1 amide bonds. The maximum Gasteiger partial charge on any atom is 0.306 e. The number of halogens is 2. The predicted molar refractivity (Wildman–Crippen MR) is 132 cm³/mol. The lowest BCUT2D eigenvalue weighted by atomic mass is 9.82. The van der Waals surface area contributed by atoms with Crippen molar-refractivity contribution in [2.24, 2.45) is 11.8 Å². The SMILES string of the molecule is COc1ccc(Cl)c(C)c1C(C)Nc1ccc(C(=O)NCC2CCC(C(=O)O)CC2)cc1Cl. The summed E-state index contributed by atoms with van der Waals surface area (Å²) in [4.78, 5) is 23.7. The number of carboxylic acids is 1. The van der Waals surface area contributed by atoms with Crippen LogP contribution in [0.4, 0.5) is 5.69 Å². The molecule has 0 radical (unpaired) electrons. The van der Waals surface area contributed by atoms with Gasteiger partial charge in [-0.25, -0.2) is 0 Å². The molecular weight excluding hydrogens is 463 g/mol. The van der Waals surface area contributed by atoms with Gasteiger partial charge in [0.05, 0.1) is 29.8 Å². The topological polar surface area (TPSA) is 87.7 Å². The average Bonchev–Trinajstić information content (AvgIpc) is 2.80. The molecule has 2 aromatic carbocycles. The van der Waals surface area contributed by atoms with Crippen LogP contribution in [0.1, 0.15) is 60.1 Å². The molecule has 0 aromatic heterocycles. The standard InChI is InChI=1S/C25H30Cl2N2O4/c1-14-19(26)9-11-22(33-3)23(14)15(2)29-21-10-8-18(12-20(21)27)24(30)28-13-16-4-6-17(7-5-16)25(31)32/h8-12,15-17,29H,4-7,13H2,1-3H3,(H,28,30)(H,31,32). The Morgan fingerprint density at radius 3 is 2.42 bits per heavy atom. The molecule has 3 N–H and O–H groups in total. The minimum atomic E-state index is -0.723. The van der Waals surface area contributed by atoms with Gasteiger partial charge in [0.2, 0.25) is 0 Å². The second-order valence-electron chi connectivity index (χ2n) is 8.61. The molecule has 1 saturated carbocycles. The fourth-order valence-corrected chi connectivity index (χ4v) is 4.82. The first-order valence-electron chi connectivity index (χ1n) is 11.1. The van der Waals surface area contributed by atoms with E-state index in [-0.39, 0.29) is 17.9 Å². The first kappa shape index (κ1) is 25.2. The number of anilines is 1. The van der Waals surface area contributed by atoms with Crippen molar-refractivity contribution >= 4 is 40.8 Å². The molecule has 1 aliphatic rings. The number of methoxy groups -OCH3 is 1. The zero-order valence-corrected chi connectivity index (χ0v) is 20.6. The van der Waals surface area contributed by atoms with Crippen LogP contribution in [0.2, 0.25) is 10.0 Å². The zero-order chi connectivity index (χ0) is 24.1. The molecule has 0 heterocycles. The largest absolute Gasteiger partial charge is 0.496 e. The van der Waals surface area contributed by atoms with Gasteiger partial charge in [-0.3, -0.25) is 9.59 Å². The lowest BCUT2D eigenvalue weighted by Crippen LogP contribution is -2.32. The first-order chi connectivity index (χ1) is 15.7. The Morgan fingerprint density at radius 1 is 1.12 bits per heavy atom. The number of amides is 1. The number of carbonyl (C=O) groups excluding carboxylic acids is 1. The van der Waals surface area contributed by atoms with Gasteiger partial charge in [0.1, 0.15) is 5.75 Å². The lowest BCUT2D eigenvalue weighted by molar-refractivity contribution is -0.143. The quantitative estimate of drug-likeness (QED) is 0.413. The Balaban J connectivity index is 1.61. The van der Waals surface area contributed by atoms with Crippen molar-refractivity contribution in [1.29, 1.82) is 0 Å². The summed E-state index contributed by atoms with van der Waals surface area (Å²) in [5.74, 6) is -0.128. The molecule has 1 atom stereocenters. The monoisotopic (exact) mass is 492 g/mol. The minimum Gasteiger partial charge on any atom is -0.496 e. The van der Waals surface area contributed by atoms with Crippen LogP contribution < -0.4 is 15.4 Å². The third kappa shape index (κ3) is 6.12. The Hall–Kier alpha value is -2.44. The van der Waals surface area contributed by atoms with Gasteiger partial charge >= 0.3 is 5.97 Å². The number of nitrogens with one attached hydrogen (secondary N) is 2. The van der Waals surface area contributed by atoms with Crippen molar-refractivity contribution in [2.75, 3.05) is 19.0 Å². The fourth-order valence-electron chi connectivity index (χ4n) is 4.42. The molecule has 1 unspecified atom stereocenters. The van der Waals surface area contributed by atoms with Crippen molar-refractivity contribution in [1.82, 2.24) is 5.32 Å². The molecule has 0 spiro atoms. The molecule has 8 heteroatoms. The number of aliphatic carboxylic acids is 1. The lowest BCUT2D eigenvalue weighted by Gasteiger charge is -2.26. The highest BCUT2D eigenvalue weighted by Crippen LogP contribution is 2.36. The number of ether oxygens (including phenoxy) is 1. The van der Waals surface area contributed by atoms with Gasteiger partial charge in [-0.15, -0.1) is 0 Å². The van der Waals surface area contributed by atoms with Crippen LogP contribution in [0, 0.1) is 18.8 Å². The van der Waals surface area contributed by atoms with E-state index in [0.29, 0.717) is 46.6 Å². The average molecular weight is 493 g/mol. The summed E-state index contributed by atoms with van der Waals surface area (Å²) in [6, 6.07) is 8.69. The fraction of sp³-hybridized carbons (Fsp3) is 0.440. The van der Waals surface area contributed by atoms with Gasteiger partial charge < -0.3 is 20.5 Å². The minimum absolute atomic E-state index is 0.128. The number of carboxylic acid groups (broad SMARTS) is 1. The predicted octanol–water partition coefficient (Wildman–Crippen LogP) is 6.10. The molecule has 1 fully saturated rings. The van der Waals surface area contributed by atoms with Crippen LogP contribution in [0.25, 0.3) is 0 Å². The van der Waals surface area contributed by atoms with Crippen molar-refractivity contribution in [3.63, 3.8) is 0 Å². The van der Waals surface area contributed by atoms with Gasteiger partial charge in [0.25, 0.3) is 5.91 Å². The number of hydrogen-bond acceptors (Lipinski definition) is 4. The van der Waals surface area contributed by atoms with E-state index in [4.69, 9.17) is 33.0 Å². The molecule has 0 saturated heterocycles. The van der Waals surface area contributed by atoms with Crippen LogP contribution in [-0.2, 0) is 4.79 Å². The Morgan fingerprint density at radius 2 is 1.82 bits per heavy atom. The number of hydrogen-bond donors (Lipinski definition) is 3. The highest BCUT2D eigenvalue weighted by molar-refractivity contribution is 6.33. The number of benzene rings is 2. The Labute approximate surface area is 204 Å². The van der Waals surface area contributed by atoms with Gasteiger partial charge in [-0.2, -0.15) is 0 Å². The van der Waals surface area contributed by atoms with Gasteiger partial charge in [-0.05, 0) is 81.3 Å². The molecule has 1 aliphatic carbocycles. The maximum absolute atomic E-state index is 12.6. The third-order valence-electron chi connectivity index (χ3n) is 6.41. The third-order valence-corrected chi connectivity index (χ3v) is 7.13. The summed E-state index contributed by atoms with van der Waals surface area (Å²) in [6.45, 7) is 4.48. The van der Waals surface area contributed by atoms with E-state index >= 15 is 0 Å². The summed E-state index contributed by atoms with van der Waals surface area (Å²) >= 11 is 12.8. The van der Waals surface area contributed by atoms with Crippen molar-refractivity contribution < 1.29 is 19.4 Å². The number of carbonyl (C=O) groups is 2. The zero-order valence-electron chi connectivity index (χ0n) is 19.1. The van der Waals surface area contributed by atoms with E-state index in [9.17, 15) is 9.59 Å². The Kier molecular flexibility index (Phi) is 8.49. The van der Waals surface area contributed by atoms with Crippen LogP contribution >= 0.6 is 23.2 Å². The maximum atomic E-state index is 12.6. The van der Waals surface area contributed by atoms with E-state index < -0.39 is 5.97 Å². The summed E-state index contributed by atoms with van der Waals surface area (Å²) in [5.41, 5.74) is 3.06. The first-order valence-corrected chi connectivity index (χ1v) is 11.9. The van der Waals surface area contributed by atoms with Crippen molar-refractivity contribution in [3.8, 4) is 5.75 Å². The van der Waals surface area contributed by atoms with E-state index in [2.05, 4.69) is 10.6 Å². The van der Waals surface area contributed by atoms with E-state index in [0.717, 1.165) is 29.7 Å². The van der Waals surface area contributed by atoms with E-state index in [1.165, 1.54) is 0 Å². The Bertz CT molecular complexity index is 1020. The van der Waals surface area contributed by atoms with E-state index in [1.807, 2.05) is 26.0 Å². The normalized spacial score (nSPS) is 18.9. The smallest absolute Gasteiger partial charge is 0.306 e. The van der Waals surface area contributed by atoms with Gasteiger partial charge in [0, 0.05) is 22.7 Å². The van der Waals surface area contributed by atoms with Gasteiger partial charge in [0.15, 0.2) is 0 Å². The number of rotatable bonds is 8. The summed E-state index contributed by atoms with van der Waals surface area (Å²) < 4.78 is 5.50. The molecule has 6 nitrogen and oxygen atoms in total. The summed E-state index contributed by atoms with van der Waals surface area (Å²) in [7, 11) is 1.62. The van der Waals surface area contributed by atoms with Crippen molar-refractivity contribution in [2.45, 2.75) is 45.6 Å². The highest BCUT2D eigenvalue weighted by atomic mass is 35.5. The second-order valence-corrected chi connectivity index (χ2v) is 9.43. The molecule has 2 aromatic rings. The van der Waals surface area contributed by atoms with E-state index in [1.54, 1.807) is 25.3 Å². The summed E-state index contributed by atoms with van der Waals surface area (Å²) in [5, 5.41) is 16.6. The van der Waals surface area contributed by atoms with Crippen LogP contribution in [0.15, 0.2) is 30.3 Å². The molecular formula is C25H30Cl2N2O4. The molecule has 0 aliphatic heterocycles. The summed E-state index contributed by atoms with van der Waals surface area (Å²) in [6.07, 6.45) is 2.95. The molecule has 178 valence electrons. The molecule has 3 rings (SSSR count).